The van der Waals surface area contributed by atoms with Crippen molar-refractivity contribution in [3.8, 4) is 11.5 Å². The van der Waals surface area contributed by atoms with Gasteiger partial charge in [-0.15, -0.1) is 0 Å². The van der Waals surface area contributed by atoms with Crippen molar-refractivity contribution in [3.05, 3.63) is 95.6 Å². The van der Waals surface area contributed by atoms with Crippen LogP contribution in [0, 0.1) is 0 Å². The molecule has 1 aliphatic rings. The Bertz CT molecular complexity index is 953. The van der Waals surface area contributed by atoms with Gasteiger partial charge in [-0.3, -0.25) is 0 Å². The minimum atomic E-state index is -0.879. The molecule has 0 unspecified atom stereocenters. The van der Waals surface area contributed by atoms with Crippen LogP contribution in [0.25, 0.3) is 0 Å². The summed E-state index contributed by atoms with van der Waals surface area (Å²) in [7, 11) is 0. The third-order valence-electron chi connectivity index (χ3n) is 5.06. The van der Waals surface area contributed by atoms with Gasteiger partial charge in [0.05, 0.1) is 0 Å². The SMILES string of the molecule is O=C(O)N1CC(c2ccc(OCc3ccccc3)cc2OCc2ccccc2)C1. The van der Waals surface area contributed by atoms with Gasteiger partial charge in [-0.25, -0.2) is 4.79 Å². The van der Waals surface area contributed by atoms with Crippen LogP contribution in [-0.2, 0) is 13.2 Å². The molecular formula is C24H23NO4. The molecule has 5 heteroatoms. The Morgan fingerprint density at radius 2 is 1.45 bits per heavy atom. The molecule has 29 heavy (non-hydrogen) atoms. The zero-order valence-corrected chi connectivity index (χ0v) is 16.0. The predicted octanol–water partition coefficient (Wildman–Crippen LogP) is 4.92. The molecule has 0 saturated carbocycles. The van der Waals surface area contributed by atoms with Gasteiger partial charge in [0.1, 0.15) is 24.7 Å². The van der Waals surface area contributed by atoms with Crippen molar-refractivity contribution in [2.75, 3.05) is 13.1 Å². The zero-order chi connectivity index (χ0) is 20.1. The van der Waals surface area contributed by atoms with E-state index in [-0.39, 0.29) is 5.92 Å². The summed E-state index contributed by atoms with van der Waals surface area (Å²) >= 11 is 0. The Morgan fingerprint density at radius 1 is 0.862 bits per heavy atom. The fraction of sp³-hybridized carbons (Fsp3) is 0.208. The highest BCUT2D eigenvalue weighted by Crippen LogP contribution is 2.36. The van der Waals surface area contributed by atoms with E-state index < -0.39 is 6.09 Å². The van der Waals surface area contributed by atoms with Gasteiger partial charge < -0.3 is 19.5 Å². The van der Waals surface area contributed by atoms with Crippen molar-refractivity contribution in [1.82, 2.24) is 4.90 Å². The number of carbonyl (C=O) groups is 1. The minimum Gasteiger partial charge on any atom is -0.489 e. The summed E-state index contributed by atoms with van der Waals surface area (Å²) in [5.74, 6) is 1.62. The molecule has 0 atom stereocenters. The lowest BCUT2D eigenvalue weighted by Gasteiger charge is -2.38. The van der Waals surface area contributed by atoms with Gasteiger partial charge in [-0.05, 0) is 17.2 Å². The molecule has 0 spiro atoms. The van der Waals surface area contributed by atoms with Crippen molar-refractivity contribution in [3.63, 3.8) is 0 Å². The Balaban J connectivity index is 1.49. The maximum absolute atomic E-state index is 11.1. The lowest BCUT2D eigenvalue weighted by molar-refractivity contribution is 0.104. The standard InChI is InChI=1S/C24H23NO4/c26-24(27)25-14-20(15-25)22-12-11-21(28-16-18-7-3-1-4-8-18)13-23(22)29-17-19-9-5-2-6-10-19/h1-13,20H,14-17H2,(H,26,27). The van der Waals surface area contributed by atoms with Crippen LogP contribution in [0.15, 0.2) is 78.9 Å². The number of ether oxygens (including phenoxy) is 2. The molecule has 1 fully saturated rings. The lowest BCUT2D eigenvalue weighted by Crippen LogP contribution is -2.47. The van der Waals surface area contributed by atoms with Crippen LogP contribution in [-0.4, -0.2) is 29.2 Å². The van der Waals surface area contributed by atoms with Crippen molar-refractivity contribution >= 4 is 6.09 Å². The number of amides is 1. The van der Waals surface area contributed by atoms with Crippen LogP contribution in [0.2, 0.25) is 0 Å². The van der Waals surface area contributed by atoms with Gasteiger partial charge in [0, 0.05) is 30.6 Å². The summed E-state index contributed by atoms with van der Waals surface area (Å²) in [5.41, 5.74) is 3.19. The van der Waals surface area contributed by atoms with E-state index in [2.05, 4.69) is 0 Å². The number of carboxylic acid groups (broad SMARTS) is 1. The van der Waals surface area contributed by atoms with Crippen molar-refractivity contribution in [2.45, 2.75) is 19.1 Å². The Hall–Kier alpha value is -3.47. The first kappa shape index (κ1) is 18.9. The molecule has 148 valence electrons. The summed E-state index contributed by atoms with van der Waals surface area (Å²) in [6.45, 7) is 1.91. The second kappa shape index (κ2) is 8.69. The molecule has 1 heterocycles. The number of benzene rings is 3. The van der Waals surface area contributed by atoms with Gasteiger partial charge in [0.25, 0.3) is 0 Å². The molecule has 4 rings (SSSR count). The normalized spacial score (nSPS) is 13.6. The fourth-order valence-electron chi connectivity index (χ4n) is 3.37. The van der Waals surface area contributed by atoms with E-state index in [1.807, 2.05) is 78.9 Å². The highest BCUT2D eigenvalue weighted by Gasteiger charge is 2.33. The van der Waals surface area contributed by atoms with E-state index in [1.54, 1.807) is 0 Å². The molecule has 1 N–H and O–H groups in total. The fourth-order valence-corrected chi connectivity index (χ4v) is 3.37. The average molecular weight is 389 g/mol. The molecule has 5 nitrogen and oxygen atoms in total. The summed E-state index contributed by atoms with van der Waals surface area (Å²) in [6, 6.07) is 25.8. The van der Waals surface area contributed by atoms with Crippen LogP contribution in [0.1, 0.15) is 22.6 Å². The van der Waals surface area contributed by atoms with Crippen molar-refractivity contribution in [1.29, 1.82) is 0 Å². The monoisotopic (exact) mass is 389 g/mol. The molecule has 1 saturated heterocycles. The largest absolute Gasteiger partial charge is 0.489 e. The third kappa shape index (κ3) is 4.69. The zero-order valence-electron chi connectivity index (χ0n) is 16.0. The van der Waals surface area contributed by atoms with Crippen LogP contribution < -0.4 is 9.47 Å². The summed E-state index contributed by atoms with van der Waals surface area (Å²) in [6.07, 6.45) is -0.879. The first-order valence-corrected chi connectivity index (χ1v) is 9.64. The molecule has 0 bridgehead atoms. The van der Waals surface area contributed by atoms with E-state index in [0.717, 1.165) is 28.2 Å². The topological polar surface area (TPSA) is 59.0 Å². The van der Waals surface area contributed by atoms with Crippen LogP contribution in [0.5, 0.6) is 11.5 Å². The van der Waals surface area contributed by atoms with E-state index in [1.165, 1.54) is 4.90 Å². The number of rotatable bonds is 7. The maximum atomic E-state index is 11.1. The molecule has 1 aliphatic heterocycles. The van der Waals surface area contributed by atoms with Gasteiger partial charge >= 0.3 is 6.09 Å². The molecule has 3 aromatic carbocycles. The molecule has 1 amide bonds. The van der Waals surface area contributed by atoms with Gasteiger partial charge in [-0.2, -0.15) is 0 Å². The van der Waals surface area contributed by atoms with E-state index in [4.69, 9.17) is 14.6 Å². The van der Waals surface area contributed by atoms with E-state index >= 15 is 0 Å². The van der Waals surface area contributed by atoms with Crippen LogP contribution >= 0.6 is 0 Å². The smallest absolute Gasteiger partial charge is 0.407 e. The Kier molecular flexibility index (Phi) is 5.66. The third-order valence-corrected chi connectivity index (χ3v) is 5.06. The minimum absolute atomic E-state index is 0.139. The highest BCUT2D eigenvalue weighted by atomic mass is 16.5. The molecule has 0 aliphatic carbocycles. The molecule has 0 radical (unpaired) electrons. The molecule has 3 aromatic rings. The highest BCUT2D eigenvalue weighted by molar-refractivity contribution is 5.67. The maximum Gasteiger partial charge on any atom is 0.407 e. The van der Waals surface area contributed by atoms with Crippen LogP contribution in [0.3, 0.4) is 0 Å². The van der Waals surface area contributed by atoms with Gasteiger partial charge in [-0.1, -0.05) is 66.7 Å². The predicted molar refractivity (Wildman–Crippen MR) is 110 cm³/mol. The lowest BCUT2D eigenvalue weighted by atomic mass is 9.91. The van der Waals surface area contributed by atoms with Gasteiger partial charge in [0.2, 0.25) is 0 Å². The Morgan fingerprint density at radius 3 is 2.03 bits per heavy atom. The summed E-state index contributed by atoms with van der Waals surface area (Å²) in [4.78, 5) is 12.5. The average Bonchev–Trinajstić information content (AvgIpc) is 2.72. The second-order valence-corrected chi connectivity index (χ2v) is 7.13. The van der Waals surface area contributed by atoms with Gasteiger partial charge in [0.15, 0.2) is 0 Å². The van der Waals surface area contributed by atoms with Crippen LogP contribution in [0.4, 0.5) is 4.79 Å². The van der Waals surface area contributed by atoms with Crippen molar-refractivity contribution < 1.29 is 19.4 Å². The number of hydrogen-bond acceptors (Lipinski definition) is 3. The Labute approximate surface area is 170 Å². The first-order chi connectivity index (χ1) is 14.2. The quantitative estimate of drug-likeness (QED) is 0.623. The number of nitrogens with zero attached hydrogens (tertiary/aromatic N) is 1. The van der Waals surface area contributed by atoms with E-state index in [0.29, 0.717) is 26.3 Å². The molecule has 0 aromatic heterocycles. The summed E-state index contributed by atoms with van der Waals surface area (Å²) < 4.78 is 12.1. The summed E-state index contributed by atoms with van der Waals surface area (Å²) in [5, 5.41) is 9.12. The second-order valence-electron chi connectivity index (χ2n) is 7.13. The first-order valence-electron chi connectivity index (χ1n) is 9.64. The van der Waals surface area contributed by atoms with Crippen molar-refractivity contribution in [2.24, 2.45) is 0 Å². The van der Waals surface area contributed by atoms with E-state index in [9.17, 15) is 4.79 Å². The number of likely N-dealkylation sites (tertiary alicyclic amines) is 1. The number of hydrogen-bond donors (Lipinski definition) is 1. The molecular weight excluding hydrogens is 366 g/mol.